The summed E-state index contributed by atoms with van der Waals surface area (Å²) >= 11 is 0. The minimum Gasteiger partial charge on any atom is -0.461 e. The summed E-state index contributed by atoms with van der Waals surface area (Å²) in [6.07, 6.45) is 1.75. The lowest BCUT2D eigenvalue weighted by atomic mass is 10.3. The molecule has 12 heavy (non-hydrogen) atoms. The van der Waals surface area contributed by atoms with E-state index in [2.05, 4.69) is 0 Å². The van der Waals surface area contributed by atoms with E-state index < -0.39 is 0 Å². The number of likely N-dealkylation sites (N-methyl/N-ethyl adjacent to an activating group) is 1. The minimum atomic E-state index is -0.223. The van der Waals surface area contributed by atoms with Crippen LogP contribution in [0.15, 0.2) is 11.6 Å². The van der Waals surface area contributed by atoms with Crippen LogP contribution < -0.4 is 0 Å². The van der Waals surface area contributed by atoms with E-state index in [4.69, 9.17) is 4.74 Å². The number of allylic oxidation sites excluding steroid dienone is 1. The van der Waals surface area contributed by atoms with Crippen molar-refractivity contribution in [1.29, 1.82) is 0 Å². The Bertz CT molecular complexity index is 173. The summed E-state index contributed by atoms with van der Waals surface area (Å²) in [6, 6.07) is 0. The lowest BCUT2D eigenvalue weighted by molar-refractivity contribution is -0.139. The second kappa shape index (κ2) is 5.77. The molecule has 0 aliphatic heterocycles. The van der Waals surface area contributed by atoms with Gasteiger partial charge in [-0.3, -0.25) is 0 Å². The molecule has 70 valence electrons. The van der Waals surface area contributed by atoms with Crippen LogP contribution in [-0.2, 0) is 9.53 Å². The van der Waals surface area contributed by atoms with Gasteiger partial charge in [0.15, 0.2) is 0 Å². The Morgan fingerprint density at radius 2 is 2.08 bits per heavy atom. The summed E-state index contributed by atoms with van der Waals surface area (Å²) in [5.41, 5.74) is 0.661. The van der Waals surface area contributed by atoms with Crippen molar-refractivity contribution in [3.05, 3.63) is 11.6 Å². The molecule has 0 N–H and O–H groups in total. The molecule has 0 saturated heterocycles. The Labute approximate surface area is 74.0 Å². The molecule has 0 aromatic heterocycles. The molecule has 0 radical (unpaired) electrons. The molecular weight excluding hydrogens is 154 g/mol. The molecule has 3 nitrogen and oxygen atoms in total. The first-order valence-electron chi connectivity index (χ1n) is 4.02. The molecule has 0 saturated carbocycles. The molecule has 0 atom stereocenters. The Hall–Kier alpha value is -0.830. The zero-order valence-electron chi connectivity index (χ0n) is 8.26. The number of nitrogens with zero attached hydrogens (tertiary/aromatic N) is 1. The number of ether oxygens (including phenoxy) is 1. The smallest absolute Gasteiger partial charge is 0.333 e. The molecular formula is C9H17NO2. The monoisotopic (exact) mass is 171 g/mol. The highest BCUT2D eigenvalue weighted by molar-refractivity contribution is 5.87. The van der Waals surface area contributed by atoms with Crippen LogP contribution in [0.2, 0.25) is 0 Å². The van der Waals surface area contributed by atoms with Crippen molar-refractivity contribution in [3.8, 4) is 0 Å². The summed E-state index contributed by atoms with van der Waals surface area (Å²) in [5, 5.41) is 0. The molecule has 0 spiro atoms. The fourth-order valence-electron chi connectivity index (χ4n) is 0.553. The maximum atomic E-state index is 11.0. The second-order valence-electron chi connectivity index (χ2n) is 2.91. The van der Waals surface area contributed by atoms with E-state index in [0.717, 1.165) is 6.54 Å². The third-order valence-corrected chi connectivity index (χ3v) is 1.53. The molecule has 0 fully saturated rings. The highest BCUT2D eigenvalue weighted by Crippen LogP contribution is 1.95. The van der Waals surface area contributed by atoms with Gasteiger partial charge in [0.25, 0.3) is 0 Å². The zero-order chi connectivity index (χ0) is 9.56. The van der Waals surface area contributed by atoms with E-state index in [0.29, 0.717) is 12.2 Å². The van der Waals surface area contributed by atoms with Gasteiger partial charge in [-0.05, 0) is 27.9 Å². The molecule has 3 heteroatoms. The van der Waals surface area contributed by atoms with Crippen LogP contribution >= 0.6 is 0 Å². The van der Waals surface area contributed by atoms with Gasteiger partial charge in [0.05, 0.1) is 0 Å². The fraction of sp³-hybridized carbons (Fsp3) is 0.667. The first-order valence-corrected chi connectivity index (χ1v) is 4.02. The van der Waals surface area contributed by atoms with Gasteiger partial charge in [-0.2, -0.15) is 0 Å². The lowest BCUT2D eigenvalue weighted by Gasteiger charge is -2.09. The molecule has 0 aliphatic rings. The summed E-state index contributed by atoms with van der Waals surface area (Å²) in [7, 11) is 3.88. The highest BCUT2D eigenvalue weighted by Gasteiger charge is 2.03. The summed E-state index contributed by atoms with van der Waals surface area (Å²) < 4.78 is 4.96. The molecule has 0 aromatic carbocycles. The van der Waals surface area contributed by atoms with Gasteiger partial charge >= 0.3 is 5.97 Å². The summed E-state index contributed by atoms with van der Waals surface area (Å²) in [6.45, 7) is 4.79. The van der Waals surface area contributed by atoms with Crippen LogP contribution in [0, 0.1) is 0 Å². The van der Waals surface area contributed by atoms with Crippen molar-refractivity contribution < 1.29 is 9.53 Å². The first-order chi connectivity index (χ1) is 5.57. The molecule has 0 heterocycles. The van der Waals surface area contributed by atoms with E-state index in [1.54, 1.807) is 13.0 Å². The van der Waals surface area contributed by atoms with Crippen molar-refractivity contribution >= 4 is 5.97 Å². The number of hydrogen-bond donors (Lipinski definition) is 0. The molecule has 0 aromatic rings. The average Bonchev–Trinajstić information content (AvgIpc) is 2.02. The minimum absolute atomic E-state index is 0.223. The third kappa shape index (κ3) is 4.91. The average molecular weight is 171 g/mol. The van der Waals surface area contributed by atoms with Crippen LogP contribution in [-0.4, -0.2) is 38.1 Å². The van der Waals surface area contributed by atoms with Gasteiger partial charge in [0.2, 0.25) is 0 Å². The van der Waals surface area contributed by atoms with Crippen molar-refractivity contribution in [2.75, 3.05) is 27.2 Å². The maximum absolute atomic E-state index is 11.0. The largest absolute Gasteiger partial charge is 0.461 e. The quantitative estimate of drug-likeness (QED) is 0.468. The Kier molecular flexibility index (Phi) is 5.37. The number of esters is 1. The van der Waals surface area contributed by atoms with E-state index in [-0.39, 0.29) is 5.97 Å². The molecule has 0 aliphatic carbocycles. The van der Waals surface area contributed by atoms with Crippen molar-refractivity contribution in [2.45, 2.75) is 13.8 Å². The van der Waals surface area contributed by atoms with Gasteiger partial charge in [-0.1, -0.05) is 6.08 Å². The molecule has 0 bridgehead atoms. The number of hydrogen-bond acceptors (Lipinski definition) is 3. The third-order valence-electron chi connectivity index (χ3n) is 1.53. The maximum Gasteiger partial charge on any atom is 0.333 e. The Morgan fingerprint density at radius 3 is 2.50 bits per heavy atom. The van der Waals surface area contributed by atoms with Crippen molar-refractivity contribution in [2.24, 2.45) is 0 Å². The van der Waals surface area contributed by atoms with Crippen molar-refractivity contribution in [3.63, 3.8) is 0 Å². The van der Waals surface area contributed by atoms with Crippen LogP contribution in [0.5, 0.6) is 0 Å². The number of carbonyl (C=O) groups is 1. The highest BCUT2D eigenvalue weighted by atomic mass is 16.5. The van der Waals surface area contributed by atoms with Crippen LogP contribution in [0.25, 0.3) is 0 Å². The van der Waals surface area contributed by atoms with Crippen LogP contribution in [0.1, 0.15) is 13.8 Å². The van der Waals surface area contributed by atoms with E-state index in [1.807, 2.05) is 25.9 Å². The van der Waals surface area contributed by atoms with E-state index in [9.17, 15) is 4.79 Å². The van der Waals surface area contributed by atoms with Gasteiger partial charge < -0.3 is 9.64 Å². The Morgan fingerprint density at radius 1 is 1.50 bits per heavy atom. The van der Waals surface area contributed by atoms with Crippen LogP contribution in [0.4, 0.5) is 0 Å². The number of carbonyl (C=O) groups excluding carboxylic acids is 1. The molecule has 0 rings (SSSR count). The summed E-state index contributed by atoms with van der Waals surface area (Å²) in [5.74, 6) is -0.223. The standard InChI is InChI=1S/C9H17NO2/c1-5-8(2)9(11)12-7-6-10(3)4/h5H,6-7H2,1-4H3. The topological polar surface area (TPSA) is 29.5 Å². The predicted molar refractivity (Wildman–Crippen MR) is 48.9 cm³/mol. The molecule has 0 amide bonds. The normalized spacial score (nSPS) is 11.9. The predicted octanol–water partition coefficient (Wildman–Crippen LogP) is 1.06. The van der Waals surface area contributed by atoms with Gasteiger partial charge in [0.1, 0.15) is 6.61 Å². The SMILES string of the molecule is CC=C(C)C(=O)OCCN(C)C. The fourth-order valence-corrected chi connectivity index (χ4v) is 0.553. The van der Waals surface area contributed by atoms with Crippen LogP contribution in [0.3, 0.4) is 0 Å². The lowest BCUT2D eigenvalue weighted by Crippen LogP contribution is -2.20. The van der Waals surface area contributed by atoms with Gasteiger partial charge in [-0.15, -0.1) is 0 Å². The van der Waals surface area contributed by atoms with E-state index in [1.165, 1.54) is 0 Å². The molecule has 0 unspecified atom stereocenters. The summed E-state index contributed by atoms with van der Waals surface area (Å²) in [4.78, 5) is 13.0. The van der Waals surface area contributed by atoms with E-state index >= 15 is 0 Å². The van der Waals surface area contributed by atoms with Crippen molar-refractivity contribution in [1.82, 2.24) is 4.90 Å². The van der Waals surface area contributed by atoms with Gasteiger partial charge in [-0.25, -0.2) is 4.79 Å². The second-order valence-corrected chi connectivity index (χ2v) is 2.91. The zero-order valence-corrected chi connectivity index (χ0v) is 8.26. The van der Waals surface area contributed by atoms with Gasteiger partial charge in [0, 0.05) is 12.1 Å². The first kappa shape index (κ1) is 11.2. The number of rotatable bonds is 4. The Balaban J connectivity index is 3.58.